The lowest BCUT2D eigenvalue weighted by atomic mass is 10.1. The molecule has 0 aromatic heterocycles. The standard InChI is InChI=1S/C15H14BrClN2O/c1-9-2-3-10(13(16)6-9)8-19-11-4-5-14(17)12(7-11)15(18)20/h2-7,19H,8H2,1H3,(H2,18,20). The van der Waals surface area contributed by atoms with Crippen LogP contribution in [-0.2, 0) is 6.54 Å². The maximum atomic E-state index is 11.2. The Kier molecular flexibility index (Phi) is 4.68. The molecule has 0 aliphatic heterocycles. The molecule has 0 heterocycles. The number of anilines is 1. The molecule has 0 spiro atoms. The van der Waals surface area contributed by atoms with Crippen LogP contribution >= 0.6 is 27.5 Å². The molecule has 0 aliphatic rings. The van der Waals surface area contributed by atoms with Crippen molar-refractivity contribution in [3.05, 3.63) is 62.6 Å². The molecule has 104 valence electrons. The van der Waals surface area contributed by atoms with Gasteiger partial charge in [0.15, 0.2) is 0 Å². The Labute approximate surface area is 131 Å². The van der Waals surface area contributed by atoms with Crippen molar-refractivity contribution in [3.63, 3.8) is 0 Å². The number of amides is 1. The summed E-state index contributed by atoms with van der Waals surface area (Å²) in [5.74, 6) is -0.532. The highest BCUT2D eigenvalue weighted by Crippen LogP contribution is 2.23. The predicted molar refractivity (Wildman–Crippen MR) is 86.2 cm³/mol. The molecule has 1 amide bonds. The highest BCUT2D eigenvalue weighted by Gasteiger charge is 2.07. The average molecular weight is 354 g/mol. The number of primary amides is 1. The van der Waals surface area contributed by atoms with Crippen LogP contribution in [0, 0.1) is 6.92 Å². The van der Waals surface area contributed by atoms with E-state index in [2.05, 4.69) is 39.4 Å². The lowest BCUT2D eigenvalue weighted by Gasteiger charge is -2.10. The van der Waals surface area contributed by atoms with Gasteiger partial charge in [-0.25, -0.2) is 0 Å². The third-order valence-electron chi connectivity index (χ3n) is 2.92. The first kappa shape index (κ1) is 14.9. The second-order valence-corrected chi connectivity index (χ2v) is 5.77. The second-order valence-electron chi connectivity index (χ2n) is 4.51. The van der Waals surface area contributed by atoms with Crippen LogP contribution in [0.2, 0.25) is 5.02 Å². The van der Waals surface area contributed by atoms with Crippen molar-refractivity contribution in [1.29, 1.82) is 0 Å². The number of aryl methyl sites for hydroxylation is 1. The molecule has 0 bridgehead atoms. The third-order valence-corrected chi connectivity index (χ3v) is 3.99. The first-order chi connectivity index (χ1) is 9.47. The summed E-state index contributed by atoms with van der Waals surface area (Å²) < 4.78 is 1.05. The van der Waals surface area contributed by atoms with Crippen molar-refractivity contribution in [1.82, 2.24) is 0 Å². The van der Waals surface area contributed by atoms with Gasteiger partial charge in [-0.2, -0.15) is 0 Å². The Balaban J connectivity index is 2.15. The summed E-state index contributed by atoms with van der Waals surface area (Å²) in [5, 5.41) is 3.61. The largest absolute Gasteiger partial charge is 0.381 e. The Morgan fingerprint density at radius 1 is 1.30 bits per heavy atom. The van der Waals surface area contributed by atoms with Crippen LogP contribution in [0.15, 0.2) is 40.9 Å². The van der Waals surface area contributed by atoms with Gasteiger partial charge in [0.2, 0.25) is 5.91 Å². The zero-order chi connectivity index (χ0) is 14.7. The van der Waals surface area contributed by atoms with Crippen molar-refractivity contribution in [2.45, 2.75) is 13.5 Å². The molecule has 5 heteroatoms. The van der Waals surface area contributed by atoms with Gasteiger partial charge in [0.05, 0.1) is 10.6 Å². The molecule has 2 aromatic rings. The van der Waals surface area contributed by atoms with Crippen LogP contribution in [0.4, 0.5) is 5.69 Å². The van der Waals surface area contributed by atoms with Crippen LogP contribution in [0.25, 0.3) is 0 Å². The number of nitrogens with one attached hydrogen (secondary N) is 1. The number of carbonyl (C=O) groups excluding carboxylic acids is 1. The fourth-order valence-corrected chi connectivity index (χ4v) is 2.66. The molecule has 0 atom stereocenters. The van der Waals surface area contributed by atoms with Gasteiger partial charge < -0.3 is 11.1 Å². The number of benzene rings is 2. The van der Waals surface area contributed by atoms with Gasteiger partial charge in [0.1, 0.15) is 0 Å². The summed E-state index contributed by atoms with van der Waals surface area (Å²) in [6.45, 7) is 2.68. The van der Waals surface area contributed by atoms with Crippen LogP contribution < -0.4 is 11.1 Å². The Bertz CT molecular complexity index is 658. The maximum absolute atomic E-state index is 11.2. The van der Waals surface area contributed by atoms with Crippen LogP contribution in [0.3, 0.4) is 0 Å². The summed E-state index contributed by atoms with van der Waals surface area (Å²) in [4.78, 5) is 11.2. The van der Waals surface area contributed by atoms with E-state index < -0.39 is 5.91 Å². The maximum Gasteiger partial charge on any atom is 0.250 e. The fourth-order valence-electron chi connectivity index (χ4n) is 1.82. The molecule has 0 saturated heterocycles. The first-order valence-corrected chi connectivity index (χ1v) is 7.22. The fraction of sp³-hybridized carbons (Fsp3) is 0.133. The molecule has 2 aromatic carbocycles. The highest BCUT2D eigenvalue weighted by molar-refractivity contribution is 9.10. The molecule has 3 N–H and O–H groups in total. The zero-order valence-corrected chi connectivity index (χ0v) is 13.3. The van der Waals surface area contributed by atoms with Crippen molar-refractivity contribution in [2.75, 3.05) is 5.32 Å². The molecule has 0 radical (unpaired) electrons. The molecule has 0 saturated carbocycles. The van der Waals surface area contributed by atoms with E-state index in [1.807, 2.05) is 13.0 Å². The van der Waals surface area contributed by atoms with Gasteiger partial charge in [0.25, 0.3) is 0 Å². The number of rotatable bonds is 4. The minimum absolute atomic E-state index is 0.319. The molecular weight excluding hydrogens is 340 g/mol. The van der Waals surface area contributed by atoms with Gasteiger partial charge >= 0.3 is 0 Å². The molecule has 2 rings (SSSR count). The summed E-state index contributed by atoms with van der Waals surface area (Å²) in [7, 11) is 0. The van der Waals surface area contributed by atoms with E-state index >= 15 is 0 Å². The van der Waals surface area contributed by atoms with Crippen molar-refractivity contribution in [3.8, 4) is 0 Å². The minimum Gasteiger partial charge on any atom is -0.381 e. The Morgan fingerprint density at radius 3 is 2.70 bits per heavy atom. The van der Waals surface area contributed by atoms with Crippen molar-refractivity contribution in [2.24, 2.45) is 5.73 Å². The number of nitrogens with two attached hydrogens (primary N) is 1. The number of hydrogen-bond acceptors (Lipinski definition) is 2. The lowest BCUT2D eigenvalue weighted by Crippen LogP contribution is -2.12. The smallest absolute Gasteiger partial charge is 0.250 e. The first-order valence-electron chi connectivity index (χ1n) is 6.05. The molecule has 3 nitrogen and oxygen atoms in total. The summed E-state index contributed by atoms with van der Waals surface area (Å²) in [5.41, 5.74) is 8.72. The SMILES string of the molecule is Cc1ccc(CNc2ccc(Cl)c(C(N)=O)c2)c(Br)c1. The van der Waals surface area contributed by atoms with Crippen LogP contribution in [-0.4, -0.2) is 5.91 Å². The molecule has 0 aliphatic carbocycles. The van der Waals surface area contributed by atoms with E-state index in [0.717, 1.165) is 15.7 Å². The summed E-state index contributed by atoms with van der Waals surface area (Å²) in [6, 6.07) is 11.3. The minimum atomic E-state index is -0.532. The summed E-state index contributed by atoms with van der Waals surface area (Å²) in [6.07, 6.45) is 0. The van der Waals surface area contributed by atoms with E-state index in [0.29, 0.717) is 17.1 Å². The third kappa shape index (κ3) is 3.52. The summed E-state index contributed by atoms with van der Waals surface area (Å²) >= 11 is 9.45. The molecule has 0 unspecified atom stereocenters. The van der Waals surface area contributed by atoms with Crippen molar-refractivity contribution < 1.29 is 4.79 Å². The van der Waals surface area contributed by atoms with Gasteiger partial charge in [-0.15, -0.1) is 0 Å². The van der Waals surface area contributed by atoms with Crippen LogP contribution in [0.1, 0.15) is 21.5 Å². The number of carbonyl (C=O) groups is 1. The monoisotopic (exact) mass is 352 g/mol. The second kappa shape index (κ2) is 6.29. The predicted octanol–water partition coefficient (Wildman–Crippen LogP) is 4.12. The normalized spacial score (nSPS) is 10.3. The number of halogens is 2. The van der Waals surface area contributed by atoms with Gasteiger partial charge in [0, 0.05) is 16.7 Å². The van der Waals surface area contributed by atoms with Gasteiger partial charge in [-0.1, -0.05) is 39.7 Å². The lowest BCUT2D eigenvalue weighted by molar-refractivity contribution is 0.100. The van der Waals surface area contributed by atoms with Crippen molar-refractivity contribution >= 4 is 39.1 Å². The quantitative estimate of drug-likeness (QED) is 0.868. The molecule has 20 heavy (non-hydrogen) atoms. The Hall–Kier alpha value is -1.52. The zero-order valence-electron chi connectivity index (χ0n) is 10.9. The van der Waals surface area contributed by atoms with E-state index in [9.17, 15) is 4.79 Å². The Morgan fingerprint density at radius 2 is 2.05 bits per heavy atom. The number of hydrogen-bond donors (Lipinski definition) is 2. The molecular formula is C15H14BrClN2O. The van der Waals surface area contributed by atoms with E-state index in [4.69, 9.17) is 17.3 Å². The highest BCUT2D eigenvalue weighted by atomic mass is 79.9. The molecule has 0 fully saturated rings. The van der Waals surface area contributed by atoms with Gasteiger partial charge in [-0.3, -0.25) is 4.79 Å². The van der Waals surface area contributed by atoms with Crippen LogP contribution in [0.5, 0.6) is 0 Å². The average Bonchev–Trinajstić information content (AvgIpc) is 2.39. The van der Waals surface area contributed by atoms with Gasteiger partial charge in [-0.05, 0) is 42.3 Å². The van der Waals surface area contributed by atoms with E-state index in [-0.39, 0.29) is 0 Å². The van der Waals surface area contributed by atoms with E-state index in [1.54, 1.807) is 12.1 Å². The van der Waals surface area contributed by atoms with E-state index in [1.165, 1.54) is 5.56 Å². The topological polar surface area (TPSA) is 55.1 Å².